The van der Waals surface area contributed by atoms with E-state index in [0.717, 1.165) is 30.5 Å². The molecule has 2 fully saturated rings. The quantitative estimate of drug-likeness (QED) is 0.820. The molecule has 3 rings (SSSR count). The first kappa shape index (κ1) is 18.3. The Morgan fingerprint density at radius 1 is 1.25 bits per heavy atom. The molecule has 0 aromatic heterocycles. The minimum absolute atomic E-state index is 0.117. The molecule has 2 atom stereocenters. The van der Waals surface area contributed by atoms with Gasteiger partial charge in [-0.25, -0.2) is 0 Å². The van der Waals surface area contributed by atoms with Crippen molar-refractivity contribution >= 4 is 15.9 Å². The van der Waals surface area contributed by atoms with Crippen LogP contribution >= 0.6 is 15.9 Å². The Balaban J connectivity index is 1.74. The second-order valence-corrected chi connectivity index (χ2v) is 8.55. The molecule has 1 aromatic rings. The van der Waals surface area contributed by atoms with E-state index in [1.54, 1.807) is 0 Å². The lowest BCUT2D eigenvalue weighted by molar-refractivity contribution is -0.154. The van der Waals surface area contributed by atoms with E-state index in [1.165, 1.54) is 18.4 Å². The summed E-state index contributed by atoms with van der Waals surface area (Å²) in [4.78, 5) is 2.61. The Bertz CT molecular complexity index is 523. The fourth-order valence-corrected chi connectivity index (χ4v) is 4.06. The summed E-state index contributed by atoms with van der Waals surface area (Å²) in [5.41, 5.74) is 0.542. The Morgan fingerprint density at radius 3 is 2.54 bits per heavy atom. The molecule has 0 spiro atoms. The zero-order valence-electron chi connectivity index (χ0n) is 14.7. The van der Waals surface area contributed by atoms with Crippen LogP contribution in [0.3, 0.4) is 0 Å². The number of morpholine rings is 1. The lowest BCUT2D eigenvalue weighted by Crippen LogP contribution is -2.60. The number of piperidine rings is 1. The molecule has 1 aromatic carbocycles. The van der Waals surface area contributed by atoms with Crippen LogP contribution in [-0.2, 0) is 11.2 Å². The average molecular weight is 397 g/mol. The van der Waals surface area contributed by atoms with E-state index in [9.17, 15) is 5.11 Å². The van der Waals surface area contributed by atoms with Crippen molar-refractivity contribution in [2.75, 3.05) is 26.2 Å². The topological polar surface area (TPSA) is 44.7 Å². The highest BCUT2D eigenvalue weighted by Crippen LogP contribution is 2.27. The summed E-state index contributed by atoms with van der Waals surface area (Å²) in [7, 11) is 0. The van der Waals surface area contributed by atoms with Crippen molar-refractivity contribution in [3.05, 3.63) is 34.3 Å². The van der Waals surface area contributed by atoms with E-state index in [1.807, 2.05) is 13.8 Å². The highest BCUT2D eigenvalue weighted by molar-refractivity contribution is 9.10. The minimum atomic E-state index is -0.798. The number of ether oxygens (including phenoxy) is 1. The number of aliphatic hydroxyl groups is 1. The lowest BCUT2D eigenvalue weighted by Gasteiger charge is -2.48. The first-order valence-electron chi connectivity index (χ1n) is 8.98. The summed E-state index contributed by atoms with van der Waals surface area (Å²) < 4.78 is 7.17. The summed E-state index contributed by atoms with van der Waals surface area (Å²) in [6, 6.07) is 9.55. The molecule has 4 nitrogen and oxygen atoms in total. The van der Waals surface area contributed by atoms with Gasteiger partial charge in [-0.15, -0.1) is 0 Å². The molecular weight excluding hydrogens is 368 g/mol. The van der Waals surface area contributed by atoms with Gasteiger partial charge in [-0.3, -0.25) is 4.90 Å². The molecule has 2 N–H and O–H groups in total. The number of nitrogens with one attached hydrogen (secondary N) is 1. The molecule has 0 amide bonds. The van der Waals surface area contributed by atoms with E-state index in [2.05, 4.69) is 50.4 Å². The van der Waals surface area contributed by atoms with Gasteiger partial charge in [-0.2, -0.15) is 0 Å². The first-order valence-corrected chi connectivity index (χ1v) is 9.77. The largest absolute Gasteiger partial charge is 0.388 e. The van der Waals surface area contributed by atoms with Gasteiger partial charge in [0, 0.05) is 23.1 Å². The molecule has 5 heteroatoms. The van der Waals surface area contributed by atoms with Crippen LogP contribution in [0.2, 0.25) is 0 Å². The number of nitrogens with zero attached hydrogens (tertiary/aromatic N) is 1. The van der Waals surface area contributed by atoms with Crippen LogP contribution in [0, 0.1) is 0 Å². The molecule has 0 saturated carbocycles. The SMILES string of the molecule is CC(C)(O)C1CN(C2CCNCC2)[C@@H](Cc2ccc(Br)cc2)CO1. The first-order chi connectivity index (χ1) is 11.4. The molecule has 0 aliphatic carbocycles. The zero-order valence-corrected chi connectivity index (χ0v) is 16.3. The maximum Gasteiger partial charge on any atom is 0.0983 e. The van der Waals surface area contributed by atoms with Crippen molar-refractivity contribution < 1.29 is 9.84 Å². The Kier molecular flexibility index (Phi) is 5.98. The third kappa shape index (κ3) is 4.58. The van der Waals surface area contributed by atoms with Crippen molar-refractivity contribution in [2.24, 2.45) is 0 Å². The van der Waals surface area contributed by atoms with Crippen LogP contribution in [0.15, 0.2) is 28.7 Å². The minimum Gasteiger partial charge on any atom is -0.388 e. The Labute approximate surface area is 153 Å². The van der Waals surface area contributed by atoms with Crippen molar-refractivity contribution in [1.29, 1.82) is 0 Å². The number of halogens is 1. The molecule has 134 valence electrons. The average Bonchev–Trinajstić information content (AvgIpc) is 2.57. The molecule has 24 heavy (non-hydrogen) atoms. The monoisotopic (exact) mass is 396 g/mol. The zero-order chi connectivity index (χ0) is 17.2. The van der Waals surface area contributed by atoms with Gasteiger partial charge in [0.2, 0.25) is 0 Å². The maximum absolute atomic E-state index is 10.4. The van der Waals surface area contributed by atoms with Crippen molar-refractivity contribution in [3.8, 4) is 0 Å². The molecule has 2 heterocycles. The van der Waals surface area contributed by atoms with Gasteiger partial charge in [-0.1, -0.05) is 28.1 Å². The summed E-state index contributed by atoms with van der Waals surface area (Å²) >= 11 is 3.50. The standard InChI is InChI=1S/C19H29BrN2O2/c1-19(2,23)18-12-22(16-7-9-21-10-8-16)17(13-24-18)11-14-3-5-15(20)6-4-14/h3-6,16-18,21,23H,7-13H2,1-2H3/t17-,18?/m0/s1. The maximum atomic E-state index is 10.4. The molecule has 0 radical (unpaired) electrons. The Hall–Kier alpha value is -0.460. The lowest BCUT2D eigenvalue weighted by atomic mass is 9.93. The van der Waals surface area contributed by atoms with Crippen LogP contribution in [0.25, 0.3) is 0 Å². The van der Waals surface area contributed by atoms with Gasteiger partial charge >= 0.3 is 0 Å². The smallest absolute Gasteiger partial charge is 0.0983 e. The van der Waals surface area contributed by atoms with E-state index in [-0.39, 0.29) is 6.10 Å². The van der Waals surface area contributed by atoms with Crippen molar-refractivity contribution in [2.45, 2.75) is 56.9 Å². The fourth-order valence-electron chi connectivity index (χ4n) is 3.80. The summed E-state index contributed by atoms with van der Waals surface area (Å²) in [6.07, 6.45) is 3.23. The van der Waals surface area contributed by atoms with Gasteiger partial charge in [0.05, 0.1) is 18.3 Å². The molecule has 2 aliphatic heterocycles. The predicted octanol–water partition coefficient (Wildman–Crippen LogP) is 2.58. The second-order valence-electron chi connectivity index (χ2n) is 7.64. The molecule has 0 bridgehead atoms. The molecule has 2 aliphatic rings. The summed E-state index contributed by atoms with van der Waals surface area (Å²) in [5.74, 6) is 0. The summed E-state index contributed by atoms with van der Waals surface area (Å²) in [5, 5.41) is 13.8. The predicted molar refractivity (Wildman–Crippen MR) is 100 cm³/mol. The normalized spacial score (nSPS) is 27.3. The van der Waals surface area contributed by atoms with Crippen LogP contribution in [0.1, 0.15) is 32.3 Å². The highest BCUT2D eigenvalue weighted by atomic mass is 79.9. The number of hydrogen-bond donors (Lipinski definition) is 2. The second kappa shape index (κ2) is 7.83. The third-order valence-corrected chi connectivity index (χ3v) is 5.81. The number of hydrogen-bond acceptors (Lipinski definition) is 4. The van der Waals surface area contributed by atoms with E-state index in [4.69, 9.17) is 4.74 Å². The van der Waals surface area contributed by atoms with Crippen LogP contribution in [0.5, 0.6) is 0 Å². The summed E-state index contributed by atoms with van der Waals surface area (Å²) in [6.45, 7) is 7.38. The van der Waals surface area contributed by atoms with E-state index in [0.29, 0.717) is 18.7 Å². The van der Waals surface area contributed by atoms with E-state index < -0.39 is 5.60 Å². The van der Waals surface area contributed by atoms with Crippen molar-refractivity contribution in [3.63, 3.8) is 0 Å². The van der Waals surface area contributed by atoms with Crippen LogP contribution < -0.4 is 5.32 Å². The Morgan fingerprint density at radius 2 is 1.92 bits per heavy atom. The van der Waals surface area contributed by atoms with Crippen molar-refractivity contribution in [1.82, 2.24) is 10.2 Å². The van der Waals surface area contributed by atoms with Gasteiger partial charge < -0.3 is 15.2 Å². The van der Waals surface area contributed by atoms with Gasteiger partial charge in [0.15, 0.2) is 0 Å². The third-order valence-electron chi connectivity index (χ3n) is 5.29. The highest BCUT2D eigenvalue weighted by Gasteiger charge is 2.39. The molecular formula is C19H29BrN2O2. The number of benzene rings is 1. The van der Waals surface area contributed by atoms with Gasteiger partial charge in [-0.05, 0) is 63.9 Å². The van der Waals surface area contributed by atoms with Gasteiger partial charge in [0.1, 0.15) is 0 Å². The molecule has 2 saturated heterocycles. The van der Waals surface area contributed by atoms with Gasteiger partial charge in [0.25, 0.3) is 0 Å². The van der Waals surface area contributed by atoms with E-state index >= 15 is 0 Å². The molecule has 1 unspecified atom stereocenters. The fraction of sp³-hybridized carbons (Fsp3) is 0.684. The van der Waals surface area contributed by atoms with Crippen LogP contribution in [0.4, 0.5) is 0 Å². The van der Waals surface area contributed by atoms with Crippen LogP contribution in [-0.4, -0.2) is 60.0 Å². The number of rotatable bonds is 4.